The number of carbonyl (C=O) groups is 2. The molecular formula is C19H22N2O5. The lowest BCUT2D eigenvalue weighted by Gasteiger charge is -2.10. The van der Waals surface area contributed by atoms with E-state index >= 15 is 0 Å². The van der Waals surface area contributed by atoms with Crippen molar-refractivity contribution in [1.82, 2.24) is 5.32 Å². The molecule has 138 valence electrons. The summed E-state index contributed by atoms with van der Waals surface area (Å²) >= 11 is 0. The minimum atomic E-state index is -0.839. The average molecular weight is 358 g/mol. The predicted molar refractivity (Wildman–Crippen MR) is 94.1 cm³/mol. The van der Waals surface area contributed by atoms with Crippen LogP contribution in [0.25, 0.3) is 6.08 Å². The molecule has 1 heterocycles. The lowest BCUT2D eigenvalue weighted by molar-refractivity contribution is -0.144. The summed E-state index contributed by atoms with van der Waals surface area (Å²) in [5.41, 5.74) is 0.478. The molecule has 0 aromatic heterocycles. The summed E-state index contributed by atoms with van der Waals surface area (Å²) in [4.78, 5) is 23.7. The standard InChI is InChI=1S/C19H22N2O5/c1-2-24-16-7-5-14(6-8-16)10-15(11-20)19(23)26-13-18(22)21-12-17-4-3-9-25-17/h5-8,10,17H,2-4,9,12-13H2,1H3,(H,21,22)/b15-10+/t17-/m0/s1. The van der Waals surface area contributed by atoms with Crippen molar-refractivity contribution in [3.63, 3.8) is 0 Å². The van der Waals surface area contributed by atoms with Gasteiger partial charge >= 0.3 is 5.97 Å². The molecule has 0 spiro atoms. The van der Waals surface area contributed by atoms with Crippen LogP contribution in [-0.4, -0.2) is 44.3 Å². The quantitative estimate of drug-likeness (QED) is 0.432. The summed E-state index contributed by atoms with van der Waals surface area (Å²) in [6, 6.07) is 8.73. The number of carbonyl (C=O) groups excluding carboxylic acids is 2. The van der Waals surface area contributed by atoms with Crippen LogP contribution >= 0.6 is 0 Å². The van der Waals surface area contributed by atoms with Crippen LogP contribution in [-0.2, 0) is 19.1 Å². The molecule has 0 aliphatic carbocycles. The van der Waals surface area contributed by atoms with Gasteiger partial charge in [-0.15, -0.1) is 0 Å². The summed E-state index contributed by atoms with van der Waals surface area (Å²) in [5, 5.41) is 11.8. The third-order valence-corrected chi connectivity index (χ3v) is 3.73. The Balaban J connectivity index is 1.83. The number of amides is 1. The van der Waals surface area contributed by atoms with E-state index in [4.69, 9.17) is 19.5 Å². The Morgan fingerprint density at radius 3 is 2.77 bits per heavy atom. The molecule has 1 aromatic carbocycles. The minimum absolute atomic E-state index is 0.0175. The topological polar surface area (TPSA) is 97.6 Å². The molecule has 1 aliphatic heterocycles. The Kier molecular flexibility index (Phi) is 7.65. The number of hydrogen-bond acceptors (Lipinski definition) is 6. The highest BCUT2D eigenvalue weighted by Crippen LogP contribution is 2.15. The van der Waals surface area contributed by atoms with Crippen molar-refractivity contribution in [2.75, 3.05) is 26.4 Å². The first-order valence-electron chi connectivity index (χ1n) is 8.52. The van der Waals surface area contributed by atoms with Crippen LogP contribution in [0.15, 0.2) is 29.8 Å². The van der Waals surface area contributed by atoms with Gasteiger partial charge in [0, 0.05) is 13.2 Å². The van der Waals surface area contributed by atoms with Gasteiger partial charge in [0.15, 0.2) is 6.61 Å². The van der Waals surface area contributed by atoms with E-state index in [1.165, 1.54) is 6.08 Å². The Morgan fingerprint density at radius 2 is 2.15 bits per heavy atom. The van der Waals surface area contributed by atoms with Crippen LogP contribution < -0.4 is 10.1 Å². The van der Waals surface area contributed by atoms with Gasteiger partial charge in [-0.1, -0.05) is 12.1 Å². The predicted octanol–water partition coefficient (Wildman–Crippen LogP) is 1.83. The zero-order valence-electron chi connectivity index (χ0n) is 14.7. The van der Waals surface area contributed by atoms with Gasteiger partial charge < -0.3 is 19.5 Å². The molecule has 26 heavy (non-hydrogen) atoms. The molecule has 7 nitrogen and oxygen atoms in total. The average Bonchev–Trinajstić information content (AvgIpc) is 3.17. The van der Waals surface area contributed by atoms with Gasteiger partial charge in [-0.25, -0.2) is 4.79 Å². The summed E-state index contributed by atoms with van der Waals surface area (Å²) < 4.78 is 15.6. The van der Waals surface area contributed by atoms with Crippen molar-refractivity contribution in [1.29, 1.82) is 5.26 Å². The van der Waals surface area contributed by atoms with E-state index in [0.717, 1.165) is 12.8 Å². The summed E-state index contributed by atoms with van der Waals surface area (Å²) in [6.45, 7) is 3.10. The Morgan fingerprint density at radius 1 is 1.38 bits per heavy atom. The monoisotopic (exact) mass is 358 g/mol. The van der Waals surface area contributed by atoms with E-state index in [1.807, 2.05) is 6.92 Å². The third-order valence-electron chi connectivity index (χ3n) is 3.73. The van der Waals surface area contributed by atoms with Crippen molar-refractivity contribution >= 4 is 18.0 Å². The molecule has 0 bridgehead atoms. The smallest absolute Gasteiger partial charge is 0.349 e. The molecule has 0 radical (unpaired) electrons. The number of benzene rings is 1. The molecule has 0 unspecified atom stereocenters. The van der Waals surface area contributed by atoms with Crippen molar-refractivity contribution < 1.29 is 23.8 Å². The molecule has 1 aliphatic rings. The maximum Gasteiger partial charge on any atom is 0.349 e. The Hall–Kier alpha value is -2.85. The highest BCUT2D eigenvalue weighted by atomic mass is 16.5. The molecule has 1 aromatic rings. The molecule has 1 atom stereocenters. The van der Waals surface area contributed by atoms with E-state index in [1.54, 1.807) is 30.3 Å². The summed E-state index contributed by atoms with van der Waals surface area (Å²) in [5.74, 6) is -0.561. The summed E-state index contributed by atoms with van der Waals surface area (Å²) in [7, 11) is 0. The first kappa shape index (κ1) is 19.5. The molecule has 0 saturated carbocycles. The maximum atomic E-state index is 12.0. The highest BCUT2D eigenvalue weighted by molar-refractivity contribution is 5.98. The van der Waals surface area contributed by atoms with E-state index in [-0.39, 0.29) is 11.7 Å². The number of rotatable bonds is 8. The Bertz CT molecular complexity index is 685. The third kappa shape index (κ3) is 6.22. The van der Waals surface area contributed by atoms with Gasteiger partial charge in [0.2, 0.25) is 0 Å². The fraction of sp³-hybridized carbons (Fsp3) is 0.421. The molecule has 1 N–H and O–H groups in total. The first-order valence-corrected chi connectivity index (χ1v) is 8.52. The summed E-state index contributed by atoms with van der Waals surface area (Å²) in [6.07, 6.45) is 3.31. The zero-order chi connectivity index (χ0) is 18.8. The van der Waals surface area contributed by atoms with Crippen LogP contribution in [0, 0.1) is 11.3 Å². The van der Waals surface area contributed by atoms with Gasteiger partial charge in [0.05, 0.1) is 12.7 Å². The number of hydrogen-bond donors (Lipinski definition) is 1. The number of esters is 1. The normalized spacial score (nSPS) is 16.6. The van der Waals surface area contributed by atoms with Gasteiger partial charge in [-0.2, -0.15) is 5.26 Å². The molecule has 1 amide bonds. The van der Waals surface area contributed by atoms with Crippen molar-refractivity contribution in [3.05, 3.63) is 35.4 Å². The number of nitriles is 1. The van der Waals surface area contributed by atoms with E-state index < -0.39 is 18.5 Å². The van der Waals surface area contributed by atoms with Gasteiger partial charge in [-0.3, -0.25) is 4.79 Å². The molecular weight excluding hydrogens is 336 g/mol. The second-order valence-electron chi connectivity index (χ2n) is 5.69. The number of ether oxygens (including phenoxy) is 3. The van der Waals surface area contributed by atoms with E-state index in [0.29, 0.717) is 31.1 Å². The maximum absolute atomic E-state index is 12.0. The number of nitrogens with zero attached hydrogens (tertiary/aromatic N) is 1. The van der Waals surface area contributed by atoms with Crippen LogP contribution in [0.5, 0.6) is 5.75 Å². The van der Waals surface area contributed by atoms with Crippen molar-refractivity contribution in [3.8, 4) is 11.8 Å². The minimum Gasteiger partial charge on any atom is -0.494 e. The van der Waals surface area contributed by atoms with Crippen LogP contribution in [0.2, 0.25) is 0 Å². The Labute approximate surface area is 152 Å². The van der Waals surface area contributed by atoms with E-state index in [9.17, 15) is 9.59 Å². The van der Waals surface area contributed by atoms with E-state index in [2.05, 4.69) is 5.32 Å². The lowest BCUT2D eigenvalue weighted by Crippen LogP contribution is -2.34. The van der Waals surface area contributed by atoms with Crippen LogP contribution in [0.4, 0.5) is 0 Å². The van der Waals surface area contributed by atoms with Gasteiger partial charge in [0.25, 0.3) is 5.91 Å². The van der Waals surface area contributed by atoms with Crippen LogP contribution in [0.3, 0.4) is 0 Å². The van der Waals surface area contributed by atoms with Crippen molar-refractivity contribution in [2.45, 2.75) is 25.9 Å². The SMILES string of the molecule is CCOc1ccc(/C=C(\C#N)C(=O)OCC(=O)NC[C@@H]2CCCO2)cc1. The van der Waals surface area contributed by atoms with Gasteiger partial charge in [-0.05, 0) is 43.5 Å². The molecule has 2 rings (SSSR count). The largest absolute Gasteiger partial charge is 0.494 e. The molecule has 1 saturated heterocycles. The van der Waals surface area contributed by atoms with Crippen molar-refractivity contribution in [2.24, 2.45) is 0 Å². The lowest BCUT2D eigenvalue weighted by atomic mass is 10.1. The number of nitrogens with one attached hydrogen (secondary N) is 1. The fourth-order valence-electron chi connectivity index (χ4n) is 2.42. The van der Waals surface area contributed by atoms with Crippen LogP contribution in [0.1, 0.15) is 25.3 Å². The first-order chi connectivity index (χ1) is 12.6. The molecule has 1 fully saturated rings. The fourth-order valence-corrected chi connectivity index (χ4v) is 2.42. The molecule has 7 heteroatoms. The zero-order valence-corrected chi connectivity index (χ0v) is 14.7. The highest BCUT2D eigenvalue weighted by Gasteiger charge is 2.17. The van der Waals surface area contributed by atoms with Gasteiger partial charge in [0.1, 0.15) is 17.4 Å². The second kappa shape index (κ2) is 10.2. The second-order valence-corrected chi connectivity index (χ2v) is 5.69.